The minimum Gasteiger partial charge on any atom is -0.475 e. The summed E-state index contributed by atoms with van der Waals surface area (Å²) >= 11 is 0. The molecular weight excluding hydrogens is 369 g/mol. The van der Waals surface area contributed by atoms with Crippen LogP contribution < -0.4 is 10.6 Å². The van der Waals surface area contributed by atoms with E-state index in [0.717, 1.165) is 19.5 Å². The van der Waals surface area contributed by atoms with E-state index in [-0.39, 0.29) is 11.9 Å². The lowest BCUT2D eigenvalue weighted by molar-refractivity contribution is -0.192. The van der Waals surface area contributed by atoms with E-state index in [0.29, 0.717) is 12.2 Å². The SMILES string of the molecule is O=C(NCCC1CNCc2ccnn21)c1cnccn1.O=C(O)C(F)(F)F. The summed E-state index contributed by atoms with van der Waals surface area (Å²) in [5.41, 5.74) is 1.52. The Bertz CT molecular complexity index is 766. The number of aromatic nitrogens is 4. The summed E-state index contributed by atoms with van der Waals surface area (Å²) in [6, 6.07) is 2.29. The Labute approximate surface area is 151 Å². The third-order valence-electron chi connectivity index (χ3n) is 3.59. The van der Waals surface area contributed by atoms with Gasteiger partial charge in [-0.2, -0.15) is 18.3 Å². The molecule has 3 rings (SSSR count). The van der Waals surface area contributed by atoms with Gasteiger partial charge in [0.1, 0.15) is 5.69 Å². The molecule has 0 aromatic carbocycles. The molecule has 27 heavy (non-hydrogen) atoms. The number of nitrogens with zero attached hydrogens (tertiary/aromatic N) is 4. The Morgan fingerprint density at radius 3 is 2.70 bits per heavy atom. The summed E-state index contributed by atoms with van der Waals surface area (Å²) in [4.78, 5) is 28.6. The van der Waals surface area contributed by atoms with Gasteiger partial charge in [-0.1, -0.05) is 0 Å². The van der Waals surface area contributed by atoms with Crippen LogP contribution in [0, 0.1) is 0 Å². The average molecular weight is 386 g/mol. The first kappa shape index (κ1) is 20.3. The Balaban J connectivity index is 0.000000321. The number of carboxylic acids is 1. The van der Waals surface area contributed by atoms with E-state index < -0.39 is 12.1 Å². The van der Waals surface area contributed by atoms with Gasteiger partial charge in [0.2, 0.25) is 0 Å². The van der Waals surface area contributed by atoms with Crippen molar-refractivity contribution in [1.82, 2.24) is 30.4 Å². The van der Waals surface area contributed by atoms with Crippen LogP contribution in [0.5, 0.6) is 0 Å². The van der Waals surface area contributed by atoms with Crippen LogP contribution in [0.4, 0.5) is 13.2 Å². The topological polar surface area (TPSA) is 122 Å². The summed E-state index contributed by atoms with van der Waals surface area (Å²) in [7, 11) is 0. The Morgan fingerprint density at radius 1 is 1.33 bits per heavy atom. The van der Waals surface area contributed by atoms with Gasteiger partial charge in [-0.25, -0.2) is 9.78 Å². The number of amides is 1. The van der Waals surface area contributed by atoms with Crippen LogP contribution in [-0.4, -0.2) is 56.0 Å². The molecule has 1 atom stereocenters. The fourth-order valence-corrected chi connectivity index (χ4v) is 2.35. The molecular formula is C15H17F3N6O3. The van der Waals surface area contributed by atoms with E-state index in [2.05, 4.69) is 25.7 Å². The van der Waals surface area contributed by atoms with Crippen LogP contribution in [-0.2, 0) is 11.3 Å². The fourth-order valence-electron chi connectivity index (χ4n) is 2.35. The second-order valence-electron chi connectivity index (χ2n) is 5.49. The molecule has 0 aliphatic carbocycles. The highest BCUT2D eigenvalue weighted by Crippen LogP contribution is 2.16. The largest absolute Gasteiger partial charge is 0.490 e. The highest BCUT2D eigenvalue weighted by Gasteiger charge is 2.38. The molecule has 3 N–H and O–H groups in total. The van der Waals surface area contributed by atoms with Gasteiger partial charge >= 0.3 is 12.1 Å². The number of carbonyl (C=O) groups excluding carboxylic acids is 1. The quantitative estimate of drug-likeness (QED) is 0.709. The molecule has 0 fully saturated rings. The van der Waals surface area contributed by atoms with Gasteiger partial charge in [-0.05, 0) is 12.5 Å². The van der Waals surface area contributed by atoms with E-state index in [1.165, 1.54) is 18.1 Å². The zero-order valence-corrected chi connectivity index (χ0v) is 14.0. The fraction of sp³-hybridized carbons (Fsp3) is 0.400. The molecule has 1 unspecified atom stereocenters. The van der Waals surface area contributed by atoms with Crippen molar-refractivity contribution >= 4 is 11.9 Å². The smallest absolute Gasteiger partial charge is 0.475 e. The van der Waals surface area contributed by atoms with Gasteiger partial charge in [0.25, 0.3) is 5.91 Å². The van der Waals surface area contributed by atoms with E-state index in [1.807, 2.05) is 16.9 Å². The Kier molecular flexibility index (Phi) is 6.82. The highest BCUT2D eigenvalue weighted by atomic mass is 19.4. The number of alkyl halides is 3. The van der Waals surface area contributed by atoms with Crippen LogP contribution in [0.1, 0.15) is 28.6 Å². The summed E-state index contributed by atoms with van der Waals surface area (Å²) in [5, 5.41) is 17.7. The van der Waals surface area contributed by atoms with E-state index in [1.54, 1.807) is 6.20 Å². The maximum atomic E-state index is 11.8. The lowest BCUT2D eigenvalue weighted by Crippen LogP contribution is -2.36. The first-order chi connectivity index (χ1) is 12.8. The number of rotatable bonds is 4. The number of nitrogens with one attached hydrogen (secondary N) is 2. The molecule has 3 heterocycles. The number of carbonyl (C=O) groups is 2. The van der Waals surface area contributed by atoms with Gasteiger partial charge in [-0.15, -0.1) is 0 Å². The lowest BCUT2D eigenvalue weighted by atomic mass is 10.1. The van der Waals surface area contributed by atoms with Gasteiger partial charge in [0, 0.05) is 38.2 Å². The number of halogens is 3. The number of hydrogen-bond acceptors (Lipinski definition) is 6. The van der Waals surface area contributed by atoms with Crippen LogP contribution >= 0.6 is 0 Å². The molecule has 2 aromatic rings. The zero-order valence-electron chi connectivity index (χ0n) is 14.0. The number of hydrogen-bond donors (Lipinski definition) is 3. The average Bonchev–Trinajstić information content (AvgIpc) is 3.12. The standard InChI is InChI=1S/C13H16N6O.C2HF3O2/c20-13(12-9-14-5-6-16-12)17-3-1-10-7-15-8-11-2-4-18-19(10)11;3-2(4,5)1(6)7/h2,4-6,9-10,15H,1,3,7-8H2,(H,17,20);(H,6,7). The van der Waals surface area contributed by atoms with Crippen molar-refractivity contribution in [2.45, 2.75) is 25.2 Å². The zero-order chi connectivity index (χ0) is 19.9. The van der Waals surface area contributed by atoms with Gasteiger partial charge in [0.15, 0.2) is 0 Å². The molecule has 0 spiro atoms. The second kappa shape index (κ2) is 9.07. The predicted molar refractivity (Wildman–Crippen MR) is 85.6 cm³/mol. The normalized spacial score (nSPS) is 15.9. The number of fused-ring (bicyclic) bond motifs is 1. The molecule has 0 bridgehead atoms. The number of aliphatic carboxylic acids is 1. The van der Waals surface area contributed by atoms with E-state index in [4.69, 9.17) is 9.90 Å². The van der Waals surface area contributed by atoms with Gasteiger partial charge < -0.3 is 15.7 Å². The van der Waals surface area contributed by atoms with Crippen molar-refractivity contribution in [2.24, 2.45) is 0 Å². The molecule has 1 aliphatic heterocycles. The van der Waals surface area contributed by atoms with Crippen LogP contribution in [0.15, 0.2) is 30.9 Å². The predicted octanol–water partition coefficient (Wildman–Crippen LogP) is 0.771. The molecule has 1 amide bonds. The summed E-state index contributed by atoms with van der Waals surface area (Å²) in [5.74, 6) is -2.95. The lowest BCUT2D eigenvalue weighted by Gasteiger charge is -2.25. The molecule has 0 radical (unpaired) electrons. The summed E-state index contributed by atoms with van der Waals surface area (Å²) in [6.07, 6.45) is 2.07. The third-order valence-corrected chi connectivity index (χ3v) is 3.59. The van der Waals surface area contributed by atoms with Crippen LogP contribution in [0.25, 0.3) is 0 Å². The summed E-state index contributed by atoms with van der Waals surface area (Å²) in [6.45, 7) is 2.30. The first-order valence-corrected chi connectivity index (χ1v) is 7.86. The van der Waals surface area contributed by atoms with Crippen LogP contribution in [0.2, 0.25) is 0 Å². The second-order valence-corrected chi connectivity index (χ2v) is 5.49. The molecule has 0 saturated heterocycles. The maximum absolute atomic E-state index is 11.8. The molecule has 146 valence electrons. The molecule has 9 nitrogen and oxygen atoms in total. The van der Waals surface area contributed by atoms with Crippen molar-refractivity contribution in [3.63, 3.8) is 0 Å². The van der Waals surface area contributed by atoms with E-state index in [9.17, 15) is 18.0 Å². The molecule has 2 aromatic heterocycles. The number of carboxylic acid groups (broad SMARTS) is 1. The van der Waals surface area contributed by atoms with Crippen molar-refractivity contribution in [3.8, 4) is 0 Å². The maximum Gasteiger partial charge on any atom is 0.490 e. The first-order valence-electron chi connectivity index (χ1n) is 7.86. The van der Waals surface area contributed by atoms with Crippen LogP contribution in [0.3, 0.4) is 0 Å². The van der Waals surface area contributed by atoms with Crippen molar-refractivity contribution in [3.05, 3.63) is 42.2 Å². The summed E-state index contributed by atoms with van der Waals surface area (Å²) < 4.78 is 33.8. The van der Waals surface area contributed by atoms with Crippen molar-refractivity contribution in [1.29, 1.82) is 0 Å². The Hall–Kier alpha value is -3.02. The minimum atomic E-state index is -5.08. The molecule has 0 saturated carbocycles. The molecule has 1 aliphatic rings. The minimum absolute atomic E-state index is 0.192. The van der Waals surface area contributed by atoms with E-state index >= 15 is 0 Å². The third kappa shape index (κ3) is 6.02. The van der Waals surface area contributed by atoms with Gasteiger partial charge in [-0.3, -0.25) is 14.5 Å². The Morgan fingerprint density at radius 2 is 2.07 bits per heavy atom. The molecule has 12 heteroatoms. The van der Waals surface area contributed by atoms with Crippen molar-refractivity contribution in [2.75, 3.05) is 13.1 Å². The van der Waals surface area contributed by atoms with Crippen molar-refractivity contribution < 1.29 is 27.9 Å². The monoisotopic (exact) mass is 386 g/mol. The highest BCUT2D eigenvalue weighted by molar-refractivity contribution is 5.91. The van der Waals surface area contributed by atoms with Gasteiger partial charge in [0.05, 0.1) is 17.9 Å².